The van der Waals surface area contributed by atoms with Gasteiger partial charge in [-0.25, -0.2) is 9.67 Å². The first-order valence-corrected chi connectivity index (χ1v) is 7.24. The van der Waals surface area contributed by atoms with Crippen LogP contribution in [-0.2, 0) is 6.42 Å². The smallest absolute Gasteiger partial charge is 0.138 e. The summed E-state index contributed by atoms with van der Waals surface area (Å²) in [6.07, 6.45) is 9.15. The third-order valence-electron chi connectivity index (χ3n) is 3.38. The summed E-state index contributed by atoms with van der Waals surface area (Å²) in [5, 5.41) is 7.69. The average molecular weight is 252 g/mol. The van der Waals surface area contributed by atoms with Gasteiger partial charge in [-0.2, -0.15) is 5.10 Å². The summed E-state index contributed by atoms with van der Waals surface area (Å²) >= 11 is 0. The van der Waals surface area contributed by atoms with Crippen LogP contribution in [0.2, 0.25) is 0 Å². The molecule has 1 heterocycles. The maximum Gasteiger partial charge on any atom is 0.138 e. The second-order valence-electron chi connectivity index (χ2n) is 5.25. The standard InChI is InChI=1S/C14H28N4/c1-5-6-7-8-9-13(15-4)10-14-16-11-17-18(14)12(2)3/h11-13,15H,5-10H2,1-4H3. The molecule has 4 heteroatoms. The number of nitrogens with one attached hydrogen (secondary N) is 1. The summed E-state index contributed by atoms with van der Waals surface area (Å²) < 4.78 is 2.02. The third kappa shape index (κ3) is 4.77. The van der Waals surface area contributed by atoms with Crippen molar-refractivity contribution in [2.75, 3.05) is 7.05 Å². The van der Waals surface area contributed by atoms with Gasteiger partial charge in [0.1, 0.15) is 12.2 Å². The minimum Gasteiger partial charge on any atom is -0.317 e. The second kappa shape index (κ2) is 8.25. The molecular weight excluding hydrogens is 224 g/mol. The monoisotopic (exact) mass is 252 g/mol. The fourth-order valence-corrected chi connectivity index (χ4v) is 2.24. The van der Waals surface area contributed by atoms with Crippen molar-refractivity contribution in [1.82, 2.24) is 20.1 Å². The number of nitrogens with zero attached hydrogens (tertiary/aromatic N) is 3. The Balaban J connectivity index is 2.44. The molecule has 1 N–H and O–H groups in total. The quantitative estimate of drug-likeness (QED) is 0.687. The van der Waals surface area contributed by atoms with Gasteiger partial charge in [0.05, 0.1) is 0 Å². The molecule has 0 amide bonds. The highest BCUT2D eigenvalue weighted by molar-refractivity contribution is 4.91. The van der Waals surface area contributed by atoms with Crippen LogP contribution >= 0.6 is 0 Å². The first kappa shape index (κ1) is 15.2. The Bertz CT molecular complexity index is 319. The minimum absolute atomic E-state index is 0.389. The normalized spacial score (nSPS) is 13.2. The Labute approximate surface area is 111 Å². The van der Waals surface area contributed by atoms with Gasteiger partial charge in [0.15, 0.2) is 0 Å². The Morgan fingerprint density at radius 3 is 2.67 bits per heavy atom. The first-order chi connectivity index (χ1) is 8.69. The van der Waals surface area contributed by atoms with E-state index < -0.39 is 0 Å². The molecule has 1 aromatic rings. The van der Waals surface area contributed by atoms with Crippen LogP contribution in [0.4, 0.5) is 0 Å². The van der Waals surface area contributed by atoms with E-state index in [0.717, 1.165) is 12.2 Å². The molecule has 1 rings (SSSR count). The van der Waals surface area contributed by atoms with Crippen molar-refractivity contribution in [2.45, 2.75) is 71.4 Å². The zero-order valence-electron chi connectivity index (χ0n) is 12.3. The molecule has 0 aliphatic carbocycles. The predicted octanol–water partition coefficient (Wildman–Crippen LogP) is 2.96. The summed E-state index contributed by atoms with van der Waals surface area (Å²) in [4.78, 5) is 4.38. The lowest BCUT2D eigenvalue weighted by atomic mass is 10.0. The zero-order chi connectivity index (χ0) is 13.4. The van der Waals surface area contributed by atoms with Crippen molar-refractivity contribution in [2.24, 2.45) is 0 Å². The molecule has 1 aromatic heterocycles. The SMILES string of the molecule is CCCCCCC(Cc1ncnn1C(C)C)NC. The lowest BCUT2D eigenvalue weighted by Gasteiger charge is -2.17. The highest BCUT2D eigenvalue weighted by atomic mass is 15.3. The number of hydrogen-bond donors (Lipinski definition) is 1. The minimum atomic E-state index is 0.389. The lowest BCUT2D eigenvalue weighted by molar-refractivity contribution is 0.444. The molecule has 0 saturated carbocycles. The Morgan fingerprint density at radius 1 is 1.28 bits per heavy atom. The van der Waals surface area contributed by atoms with Crippen molar-refractivity contribution in [3.05, 3.63) is 12.2 Å². The molecule has 1 atom stereocenters. The summed E-state index contributed by atoms with van der Waals surface area (Å²) in [6, 6.07) is 0.906. The van der Waals surface area contributed by atoms with E-state index in [1.807, 2.05) is 11.7 Å². The van der Waals surface area contributed by atoms with Gasteiger partial charge in [-0.15, -0.1) is 0 Å². The molecule has 0 saturated heterocycles. The Kier molecular flexibility index (Phi) is 6.94. The van der Waals surface area contributed by atoms with E-state index in [2.05, 4.69) is 36.2 Å². The highest BCUT2D eigenvalue weighted by Gasteiger charge is 2.13. The first-order valence-electron chi connectivity index (χ1n) is 7.24. The van der Waals surface area contributed by atoms with Crippen molar-refractivity contribution in [3.63, 3.8) is 0 Å². The van der Waals surface area contributed by atoms with Crippen molar-refractivity contribution in [1.29, 1.82) is 0 Å². The van der Waals surface area contributed by atoms with Crippen molar-refractivity contribution >= 4 is 0 Å². The van der Waals surface area contributed by atoms with E-state index >= 15 is 0 Å². The highest BCUT2D eigenvalue weighted by Crippen LogP contribution is 2.11. The molecule has 0 aliphatic heterocycles. The van der Waals surface area contributed by atoms with Gasteiger partial charge in [-0.1, -0.05) is 32.6 Å². The van der Waals surface area contributed by atoms with Gasteiger partial charge in [0, 0.05) is 18.5 Å². The molecule has 4 nitrogen and oxygen atoms in total. The molecule has 0 fully saturated rings. The van der Waals surface area contributed by atoms with Crippen LogP contribution in [0, 0.1) is 0 Å². The molecule has 104 valence electrons. The average Bonchev–Trinajstić information content (AvgIpc) is 2.81. The Hall–Kier alpha value is -0.900. The molecular formula is C14H28N4. The summed E-state index contributed by atoms with van der Waals surface area (Å²) in [5.41, 5.74) is 0. The number of unbranched alkanes of at least 4 members (excludes halogenated alkanes) is 3. The van der Waals surface area contributed by atoms with Crippen LogP contribution < -0.4 is 5.32 Å². The molecule has 0 radical (unpaired) electrons. The van der Waals surface area contributed by atoms with Gasteiger partial charge < -0.3 is 5.32 Å². The van der Waals surface area contributed by atoms with Crippen molar-refractivity contribution in [3.8, 4) is 0 Å². The number of rotatable bonds is 9. The summed E-state index contributed by atoms with van der Waals surface area (Å²) in [7, 11) is 2.04. The topological polar surface area (TPSA) is 42.7 Å². The van der Waals surface area contributed by atoms with Gasteiger partial charge in [0.2, 0.25) is 0 Å². The van der Waals surface area contributed by atoms with E-state index in [-0.39, 0.29) is 0 Å². The molecule has 18 heavy (non-hydrogen) atoms. The van der Waals surface area contributed by atoms with Gasteiger partial charge >= 0.3 is 0 Å². The molecule has 1 unspecified atom stereocenters. The van der Waals surface area contributed by atoms with Gasteiger partial charge in [-0.05, 0) is 27.3 Å². The predicted molar refractivity (Wildman–Crippen MR) is 75.7 cm³/mol. The van der Waals surface area contributed by atoms with Crippen LogP contribution in [-0.4, -0.2) is 27.9 Å². The van der Waals surface area contributed by atoms with Crippen molar-refractivity contribution < 1.29 is 0 Å². The molecule has 0 bridgehead atoms. The van der Waals surface area contributed by atoms with E-state index in [4.69, 9.17) is 0 Å². The van der Waals surface area contributed by atoms with E-state index in [0.29, 0.717) is 12.1 Å². The van der Waals surface area contributed by atoms with Gasteiger partial charge in [0.25, 0.3) is 0 Å². The van der Waals surface area contributed by atoms with Crippen LogP contribution in [0.25, 0.3) is 0 Å². The number of aromatic nitrogens is 3. The number of likely N-dealkylation sites (N-methyl/N-ethyl adjacent to an activating group) is 1. The zero-order valence-corrected chi connectivity index (χ0v) is 12.3. The molecule has 0 aliphatic rings. The van der Waals surface area contributed by atoms with Crippen LogP contribution in [0.3, 0.4) is 0 Å². The van der Waals surface area contributed by atoms with Crippen LogP contribution in [0.5, 0.6) is 0 Å². The van der Waals surface area contributed by atoms with Crippen LogP contribution in [0.15, 0.2) is 6.33 Å². The van der Waals surface area contributed by atoms with Gasteiger partial charge in [-0.3, -0.25) is 0 Å². The van der Waals surface area contributed by atoms with E-state index in [1.165, 1.54) is 32.1 Å². The molecule has 0 spiro atoms. The largest absolute Gasteiger partial charge is 0.317 e. The second-order valence-corrected chi connectivity index (χ2v) is 5.25. The lowest BCUT2D eigenvalue weighted by Crippen LogP contribution is -2.29. The van der Waals surface area contributed by atoms with E-state index in [1.54, 1.807) is 6.33 Å². The van der Waals surface area contributed by atoms with Crippen LogP contribution in [0.1, 0.15) is 64.7 Å². The fourth-order valence-electron chi connectivity index (χ4n) is 2.24. The summed E-state index contributed by atoms with van der Waals surface area (Å²) in [6.45, 7) is 6.54. The Morgan fingerprint density at radius 2 is 2.06 bits per heavy atom. The maximum atomic E-state index is 4.38. The summed E-state index contributed by atoms with van der Waals surface area (Å²) in [5.74, 6) is 1.10. The maximum absolute atomic E-state index is 4.38. The third-order valence-corrected chi connectivity index (χ3v) is 3.38. The number of hydrogen-bond acceptors (Lipinski definition) is 3. The molecule has 0 aromatic carbocycles. The fraction of sp³-hybridized carbons (Fsp3) is 0.857. The van der Waals surface area contributed by atoms with E-state index in [9.17, 15) is 0 Å².